The summed E-state index contributed by atoms with van der Waals surface area (Å²) in [5.74, 6) is -2.56. The number of aryl methyl sites for hydroxylation is 2. The summed E-state index contributed by atoms with van der Waals surface area (Å²) >= 11 is 0. The fourth-order valence-corrected chi connectivity index (χ4v) is 2.53. The summed E-state index contributed by atoms with van der Waals surface area (Å²) in [6, 6.07) is 3.31. The molecule has 0 saturated carbocycles. The Bertz CT molecular complexity index is 623. The number of nitrogens with one attached hydrogen (secondary N) is 1. The molecule has 1 heterocycles. The van der Waals surface area contributed by atoms with Crippen molar-refractivity contribution < 1.29 is 24.6 Å². The maximum absolute atomic E-state index is 12.3. The highest BCUT2D eigenvalue weighted by atomic mass is 16.3. The second-order valence-electron chi connectivity index (χ2n) is 5.43. The van der Waals surface area contributed by atoms with Crippen molar-refractivity contribution in [2.24, 2.45) is 5.92 Å². The van der Waals surface area contributed by atoms with Crippen LogP contribution in [0, 0.1) is 19.8 Å². The lowest BCUT2D eigenvalue weighted by atomic mass is 9.87. The molecule has 1 aliphatic rings. The summed E-state index contributed by atoms with van der Waals surface area (Å²) in [4.78, 5) is 35.0. The number of hydrogen-bond donors (Lipinski definition) is 3. The topological polar surface area (TPSA) is 104 Å². The van der Waals surface area contributed by atoms with Crippen LogP contribution in [0.3, 0.4) is 0 Å². The Labute approximate surface area is 121 Å². The van der Waals surface area contributed by atoms with Crippen LogP contribution < -0.4 is 5.32 Å². The third kappa shape index (κ3) is 3.11. The van der Waals surface area contributed by atoms with Gasteiger partial charge in [0, 0.05) is 18.8 Å². The van der Waals surface area contributed by atoms with Gasteiger partial charge in [0.25, 0.3) is 5.91 Å². The molecule has 6 heteroatoms. The number of hydrogen-bond acceptors (Lipinski definition) is 5. The fraction of sp³-hybridized carbons (Fsp3) is 0.400. The number of carbonyl (C=O) groups is 3. The first-order valence-corrected chi connectivity index (χ1v) is 6.64. The summed E-state index contributed by atoms with van der Waals surface area (Å²) in [5.41, 5.74) is 1.56. The Morgan fingerprint density at radius 2 is 2.00 bits per heavy atom. The van der Waals surface area contributed by atoms with E-state index in [1.54, 1.807) is 26.0 Å². The van der Waals surface area contributed by atoms with Gasteiger partial charge in [-0.25, -0.2) is 0 Å². The number of aliphatic hydroxyl groups is 1. The van der Waals surface area contributed by atoms with Crippen molar-refractivity contribution in [3.8, 4) is 5.75 Å². The van der Waals surface area contributed by atoms with Crippen molar-refractivity contribution in [3.63, 3.8) is 0 Å². The highest BCUT2D eigenvalue weighted by molar-refractivity contribution is 6.03. The number of phenolic OH excluding ortho intramolecular Hbond substituents is 1. The van der Waals surface area contributed by atoms with Crippen molar-refractivity contribution >= 4 is 17.6 Å². The normalized spacial score (nSPS) is 22.0. The van der Waals surface area contributed by atoms with E-state index in [9.17, 15) is 24.6 Å². The predicted molar refractivity (Wildman–Crippen MR) is 73.8 cm³/mol. The number of aliphatic hydroxyl groups excluding tert-OH is 1. The van der Waals surface area contributed by atoms with E-state index in [-0.39, 0.29) is 24.2 Å². The molecule has 6 nitrogen and oxygen atoms in total. The molecule has 0 spiro atoms. The number of piperidine rings is 1. The van der Waals surface area contributed by atoms with Gasteiger partial charge < -0.3 is 10.2 Å². The molecule has 1 aromatic rings. The molecular weight excluding hydrogens is 274 g/mol. The lowest BCUT2D eigenvalue weighted by Gasteiger charge is -2.25. The number of amides is 2. The quantitative estimate of drug-likeness (QED) is 0.559. The van der Waals surface area contributed by atoms with Crippen molar-refractivity contribution in [2.75, 3.05) is 0 Å². The van der Waals surface area contributed by atoms with E-state index in [1.165, 1.54) is 0 Å². The Balaban J connectivity index is 2.22. The highest BCUT2D eigenvalue weighted by Gasteiger charge is 2.36. The predicted octanol–water partition coefficient (Wildman–Crippen LogP) is 0.605. The Morgan fingerprint density at radius 3 is 2.67 bits per heavy atom. The molecular formula is C15H17NO5. The third-order valence-electron chi connectivity index (χ3n) is 3.62. The summed E-state index contributed by atoms with van der Waals surface area (Å²) in [6.07, 6.45) is -1.65. The monoisotopic (exact) mass is 291 g/mol. The van der Waals surface area contributed by atoms with Gasteiger partial charge in [0.2, 0.25) is 5.91 Å². The Hall–Kier alpha value is -2.21. The molecule has 2 rings (SSSR count). The van der Waals surface area contributed by atoms with Gasteiger partial charge in [-0.05, 0) is 31.0 Å². The van der Waals surface area contributed by atoms with Crippen LogP contribution in [0.1, 0.15) is 34.3 Å². The molecule has 1 saturated heterocycles. The Morgan fingerprint density at radius 1 is 1.33 bits per heavy atom. The van der Waals surface area contributed by atoms with Gasteiger partial charge in [0.05, 0.1) is 5.56 Å². The molecule has 0 aromatic heterocycles. The minimum Gasteiger partial charge on any atom is -0.507 e. The summed E-state index contributed by atoms with van der Waals surface area (Å²) < 4.78 is 0. The molecule has 0 aliphatic carbocycles. The van der Waals surface area contributed by atoms with Crippen molar-refractivity contribution in [2.45, 2.75) is 32.8 Å². The van der Waals surface area contributed by atoms with E-state index in [1.807, 2.05) is 5.32 Å². The SMILES string of the molecule is Cc1cc(C)c(O)c(C(=O)C[C@@H]2CC(=O)NC(=O)C2O)c1. The lowest BCUT2D eigenvalue weighted by Crippen LogP contribution is -2.49. The summed E-state index contributed by atoms with van der Waals surface area (Å²) in [7, 11) is 0. The molecule has 1 unspecified atom stereocenters. The van der Waals surface area contributed by atoms with E-state index >= 15 is 0 Å². The average Bonchev–Trinajstić information content (AvgIpc) is 2.39. The molecule has 2 atom stereocenters. The van der Waals surface area contributed by atoms with Crippen LogP contribution in [0.2, 0.25) is 0 Å². The van der Waals surface area contributed by atoms with Crippen LogP contribution >= 0.6 is 0 Å². The number of carbonyl (C=O) groups excluding carboxylic acids is 3. The second kappa shape index (κ2) is 5.65. The standard InChI is InChI=1S/C15H17NO5/c1-7-3-8(2)13(19)10(4-7)11(17)5-9-6-12(18)16-15(21)14(9)20/h3-4,9,14,19-20H,5-6H2,1-2H3,(H,16,18,21)/t9-,14?/m1/s1. The van der Waals surface area contributed by atoms with E-state index in [0.717, 1.165) is 5.56 Å². The van der Waals surface area contributed by atoms with E-state index < -0.39 is 29.6 Å². The number of Topliss-reactive ketones (excluding diaryl/α,β-unsaturated/α-hetero) is 1. The van der Waals surface area contributed by atoms with E-state index in [0.29, 0.717) is 5.56 Å². The number of imide groups is 1. The van der Waals surface area contributed by atoms with Crippen molar-refractivity contribution in [1.82, 2.24) is 5.32 Å². The third-order valence-corrected chi connectivity index (χ3v) is 3.62. The number of ketones is 1. The molecule has 112 valence electrons. The number of benzene rings is 1. The second-order valence-corrected chi connectivity index (χ2v) is 5.43. The zero-order chi connectivity index (χ0) is 15.7. The number of aromatic hydroxyl groups is 1. The summed E-state index contributed by atoms with van der Waals surface area (Å²) in [6.45, 7) is 3.49. The van der Waals surface area contributed by atoms with Crippen LogP contribution in [0.25, 0.3) is 0 Å². The molecule has 1 aliphatic heterocycles. The van der Waals surface area contributed by atoms with Crippen LogP contribution in [-0.4, -0.2) is 33.9 Å². The lowest BCUT2D eigenvalue weighted by molar-refractivity contribution is -0.143. The van der Waals surface area contributed by atoms with Crippen LogP contribution in [0.15, 0.2) is 12.1 Å². The van der Waals surface area contributed by atoms with Gasteiger partial charge >= 0.3 is 0 Å². The minimum atomic E-state index is -1.39. The van der Waals surface area contributed by atoms with Gasteiger partial charge in [-0.1, -0.05) is 6.07 Å². The van der Waals surface area contributed by atoms with Crippen LogP contribution in [0.4, 0.5) is 0 Å². The van der Waals surface area contributed by atoms with Gasteiger partial charge in [-0.2, -0.15) is 0 Å². The molecule has 2 amide bonds. The zero-order valence-corrected chi connectivity index (χ0v) is 11.8. The molecule has 0 bridgehead atoms. The molecule has 3 N–H and O–H groups in total. The largest absolute Gasteiger partial charge is 0.507 e. The van der Waals surface area contributed by atoms with Gasteiger partial charge in [-0.3, -0.25) is 19.7 Å². The van der Waals surface area contributed by atoms with Crippen LogP contribution in [0.5, 0.6) is 5.75 Å². The van der Waals surface area contributed by atoms with Gasteiger partial charge in [0.1, 0.15) is 11.9 Å². The van der Waals surface area contributed by atoms with Crippen molar-refractivity contribution in [3.05, 3.63) is 28.8 Å². The Kier molecular flexibility index (Phi) is 4.09. The smallest absolute Gasteiger partial charge is 0.255 e. The molecule has 0 radical (unpaired) electrons. The average molecular weight is 291 g/mol. The first kappa shape index (κ1) is 15.2. The fourth-order valence-electron chi connectivity index (χ4n) is 2.53. The number of phenols is 1. The zero-order valence-electron chi connectivity index (χ0n) is 11.8. The molecule has 1 fully saturated rings. The first-order chi connectivity index (χ1) is 9.79. The highest BCUT2D eigenvalue weighted by Crippen LogP contribution is 2.28. The summed E-state index contributed by atoms with van der Waals surface area (Å²) in [5, 5.41) is 21.7. The first-order valence-electron chi connectivity index (χ1n) is 6.64. The van der Waals surface area contributed by atoms with Crippen LogP contribution in [-0.2, 0) is 9.59 Å². The van der Waals surface area contributed by atoms with E-state index in [2.05, 4.69) is 0 Å². The van der Waals surface area contributed by atoms with Gasteiger partial charge in [-0.15, -0.1) is 0 Å². The molecule has 21 heavy (non-hydrogen) atoms. The van der Waals surface area contributed by atoms with Gasteiger partial charge in [0.15, 0.2) is 5.78 Å². The maximum atomic E-state index is 12.3. The maximum Gasteiger partial charge on any atom is 0.255 e. The minimum absolute atomic E-state index is 0.0930. The number of rotatable bonds is 3. The molecule has 1 aromatic carbocycles. The van der Waals surface area contributed by atoms with Crippen molar-refractivity contribution in [1.29, 1.82) is 0 Å². The van der Waals surface area contributed by atoms with E-state index in [4.69, 9.17) is 0 Å².